The molecule has 4 unspecified atom stereocenters. The minimum atomic E-state index is -3.36. The molecular formula is C23H26F2N2O3S. The van der Waals surface area contributed by atoms with Gasteiger partial charge in [-0.1, -0.05) is 37.3 Å². The molecular weight excluding hydrogens is 422 g/mol. The number of amides is 1. The molecule has 1 aliphatic carbocycles. The van der Waals surface area contributed by atoms with E-state index in [-0.39, 0.29) is 35.3 Å². The van der Waals surface area contributed by atoms with Crippen LogP contribution in [0.1, 0.15) is 31.2 Å². The monoisotopic (exact) mass is 448 g/mol. The van der Waals surface area contributed by atoms with Crippen molar-refractivity contribution in [1.29, 1.82) is 0 Å². The summed E-state index contributed by atoms with van der Waals surface area (Å²) in [6.07, 6.45) is 2.41. The number of carbonyl (C=O) groups is 1. The Hall–Kier alpha value is -2.32. The van der Waals surface area contributed by atoms with Crippen LogP contribution in [-0.2, 0) is 14.8 Å². The average molecular weight is 449 g/mol. The van der Waals surface area contributed by atoms with Gasteiger partial charge < -0.3 is 4.90 Å². The molecule has 2 aliphatic rings. The van der Waals surface area contributed by atoms with Crippen molar-refractivity contribution in [2.45, 2.75) is 31.7 Å². The molecule has 0 spiro atoms. The van der Waals surface area contributed by atoms with E-state index in [2.05, 4.69) is 4.72 Å². The van der Waals surface area contributed by atoms with Crippen LogP contribution >= 0.6 is 0 Å². The summed E-state index contributed by atoms with van der Waals surface area (Å²) in [5, 5.41) is 0. The predicted molar refractivity (Wildman–Crippen MR) is 115 cm³/mol. The van der Waals surface area contributed by atoms with Gasteiger partial charge in [0.05, 0.1) is 11.8 Å². The van der Waals surface area contributed by atoms with Crippen LogP contribution in [0.4, 0.5) is 8.78 Å². The lowest BCUT2D eigenvalue weighted by Crippen LogP contribution is -2.52. The Bertz CT molecular complexity index is 1090. The zero-order chi connectivity index (χ0) is 22.3. The average Bonchev–Trinajstić information content (AvgIpc) is 3.46. The Kier molecular flexibility index (Phi) is 5.87. The minimum Gasteiger partial charge on any atom is -0.341 e. The third-order valence-electron chi connectivity index (χ3n) is 6.05. The van der Waals surface area contributed by atoms with E-state index < -0.39 is 21.7 Å². The molecule has 0 bridgehead atoms. The summed E-state index contributed by atoms with van der Waals surface area (Å²) < 4.78 is 54.6. The van der Waals surface area contributed by atoms with Gasteiger partial charge >= 0.3 is 0 Å². The molecule has 0 aromatic heterocycles. The van der Waals surface area contributed by atoms with Crippen molar-refractivity contribution in [2.75, 3.05) is 19.3 Å². The molecule has 1 saturated carbocycles. The summed E-state index contributed by atoms with van der Waals surface area (Å²) >= 11 is 0. The van der Waals surface area contributed by atoms with Gasteiger partial charge in [-0.2, -0.15) is 0 Å². The van der Waals surface area contributed by atoms with Gasteiger partial charge in [-0.05, 0) is 47.9 Å². The number of likely N-dealkylation sites (tertiary alicyclic amines) is 1. The number of carbonyl (C=O) groups excluding carboxylic acids is 1. The normalized spacial score (nSPS) is 26.0. The maximum absolute atomic E-state index is 14.4. The van der Waals surface area contributed by atoms with Gasteiger partial charge in [0, 0.05) is 25.0 Å². The van der Waals surface area contributed by atoms with Crippen LogP contribution in [0.5, 0.6) is 0 Å². The summed E-state index contributed by atoms with van der Waals surface area (Å²) in [5.74, 6) is -1.48. The van der Waals surface area contributed by atoms with E-state index in [0.717, 1.165) is 11.8 Å². The van der Waals surface area contributed by atoms with Crippen molar-refractivity contribution in [3.63, 3.8) is 0 Å². The first kappa shape index (κ1) is 21.9. The number of nitrogens with one attached hydrogen (secondary N) is 1. The highest BCUT2D eigenvalue weighted by Gasteiger charge is 2.47. The molecule has 166 valence electrons. The SMILES string of the molecule is CC1CC(NS(C)(=O)=O)CN(C(=O)C2CC2c2ccccc2-c2c(F)cccc2F)C1. The molecule has 1 aliphatic heterocycles. The highest BCUT2D eigenvalue weighted by atomic mass is 32.2. The second kappa shape index (κ2) is 8.31. The number of piperidine rings is 1. The fourth-order valence-corrected chi connectivity index (χ4v) is 5.55. The van der Waals surface area contributed by atoms with Crippen LogP contribution in [0.15, 0.2) is 42.5 Å². The number of benzene rings is 2. The highest BCUT2D eigenvalue weighted by Crippen LogP contribution is 2.51. The third-order valence-corrected chi connectivity index (χ3v) is 6.81. The first-order chi connectivity index (χ1) is 14.6. The fraction of sp³-hybridized carbons (Fsp3) is 0.435. The molecule has 1 heterocycles. The molecule has 5 nitrogen and oxygen atoms in total. The summed E-state index contributed by atoms with van der Waals surface area (Å²) in [5.41, 5.74) is 1.17. The molecule has 4 atom stereocenters. The van der Waals surface area contributed by atoms with Crippen LogP contribution in [0, 0.1) is 23.5 Å². The second-order valence-electron chi connectivity index (χ2n) is 8.80. The smallest absolute Gasteiger partial charge is 0.226 e. The fourth-order valence-electron chi connectivity index (χ4n) is 4.77. The number of halogens is 2. The largest absolute Gasteiger partial charge is 0.341 e. The van der Waals surface area contributed by atoms with E-state index in [4.69, 9.17) is 0 Å². The topological polar surface area (TPSA) is 66.5 Å². The minimum absolute atomic E-state index is 0.0272. The molecule has 1 N–H and O–H groups in total. The van der Waals surface area contributed by atoms with Crippen LogP contribution in [-0.4, -0.2) is 44.6 Å². The summed E-state index contributed by atoms with van der Waals surface area (Å²) in [6, 6.07) is 10.5. The van der Waals surface area contributed by atoms with Crippen molar-refractivity contribution >= 4 is 15.9 Å². The Balaban J connectivity index is 1.54. The van der Waals surface area contributed by atoms with E-state index in [1.165, 1.54) is 18.2 Å². The molecule has 1 saturated heterocycles. The zero-order valence-electron chi connectivity index (χ0n) is 17.5. The van der Waals surface area contributed by atoms with Crippen LogP contribution in [0.2, 0.25) is 0 Å². The first-order valence-corrected chi connectivity index (χ1v) is 12.3. The zero-order valence-corrected chi connectivity index (χ0v) is 18.3. The summed E-state index contributed by atoms with van der Waals surface area (Å²) in [4.78, 5) is 14.9. The Morgan fingerprint density at radius 3 is 2.39 bits per heavy atom. The molecule has 2 fully saturated rings. The number of rotatable bonds is 5. The van der Waals surface area contributed by atoms with Gasteiger partial charge in [-0.3, -0.25) is 4.79 Å². The lowest BCUT2D eigenvalue weighted by atomic mass is 9.94. The maximum Gasteiger partial charge on any atom is 0.226 e. The highest BCUT2D eigenvalue weighted by molar-refractivity contribution is 7.88. The van der Waals surface area contributed by atoms with Crippen molar-refractivity contribution in [2.24, 2.45) is 11.8 Å². The Morgan fingerprint density at radius 1 is 1.03 bits per heavy atom. The van der Waals surface area contributed by atoms with Crippen molar-refractivity contribution < 1.29 is 22.0 Å². The lowest BCUT2D eigenvalue weighted by Gasteiger charge is -2.36. The molecule has 0 radical (unpaired) electrons. The molecule has 31 heavy (non-hydrogen) atoms. The molecule has 2 aromatic carbocycles. The van der Waals surface area contributed by atoms with E-state index in [1.807, 2.05) is 19.1 Å². The van der Waals surface area contributed by atoms with Gasteiger partial charge in [0.2, 0.25) is 15.9 Å². The summed E-state index contributed by atoms with van der Waals surface area (Å²) in [6.45, 7) is 2.91. The van der Waals surface area contributed by atoms with Crippen molar-refractivity contribution in [3.8, 4) is 11.1 Å². The quantitative estimate of drug-likeness (QED) is 0.761. The maximum atomic E-state index is 14.4. The third kappa shape index (κ3) is 4.80. The number of sulfonamides is 1. The van der Waals surface area contributed by atoms with Gasteiger partial charge in [-0.15, -0.1) is 0 Å². The standard InChI is InChI=1S/C23H26F2N2O3S/c1-14-10-15(26-31(2,29)30)13-27(12-14)23(28)19-11-18(19)16-6-3-4-7-17(16)22-20(24)8-5-9-21(22)25/h3-9,14-15,18-19,26H,10-13H2,1-2H3. The predicted octanol–water partition coefficient (Wildman–Crippen LogP) is 3.52. The van der Waals surface area contributed by atoms with E-state index in [1.54, 1.807) is 17.0 Å². The number of nitrogens with zero attached hydrogens (tertiary/aromatic N) is 1. The van der Waals surface area contributed by atoms with Gasteiger partial charge in [0.15, 0.2) is 0 Å². The van der Waals surface area contributed by atoms with E-state index in [0.29, 0.717) is 31.5 Å². The van der Waals surface area contributed by atoms with Crippen molar-refractivity contribution in [1.82, 2.24) is 9.62 Å². The van der Waals surface area contributed by atoms with Crippen LogP contribution in [0.3, 0.4) is 0 Å². The van der Waals surface area contributed by atoms with Crippen LogP contribution < -0.4 is 4.72 Å². The lowest BCUT2D eigenvalue weighted by molar-refractivity contribution is -0.134. The van der Waals surface area contributed by atoms with E-state index in [9.17, 15) is 22.0 Å². The molecule has 8 heteroatoms. The Labute approximate surface area is 181 Å². The van der Waals surface area contributed by atoms with Gasteiger partial charge in [0.25, 0.3) is 0 Å². The van der Waals surface area contributed by atoms with Crippen molar-refractivity contribution in [3.05, 3.63) is 59.7 Å². The first-order valence-electron chi connectivity index (χ1n) is 10.4. The van der Waals surface area contributed by atoms with Gasteiger partial charge in [-0.25, -0.2) is 21.9 Å². The molecule has 2 aromatic rings. The second-order valence-corrected chi connectivity index (χ2v) is 10.6. The van der Waals surface area contributed by atoms with Gasteiger partial charge in [0.1, 0.15) is 11.6 Å². The number of hydrogen-bond acceptors (Lipinski definition) is 3. The summed E-state index contributed by atoms with van der Waals surface area (Å²) in [7, 11) is -3.36. The number of hydrogen-bond donors (Lipinski definition) is 1. The van der Waals surface area contributed by atoms with Crippen LogP contribution in [0.25, 0.3) is 11.1 Å². The van der Waals surface area contributed by atoms with E-state index >= 15 is 0 Å². The molecule has 4 rings (SSSR count). The molecule has 1 amide bonds. The Morgan fingerprint density at radius 2 is 1.71 bits per heavy atom.